The van der Waals surface area contributed by atoms with Gasteiger partial charge in [0.25, 0.3) is 0 Å². The molecule has 0 saturated carbocycles. The lowest BCUT2D eigenvalue weighted by molar-refractivity contribution is -0.120. The van der Waals surface area contributed by atoms with E-state index >= 15 is 0 Å². The molecule has 0 atom stereocenters. The molecule has 1 aromatic rings. The molecule has 3 heteroatoms. The van der Waals surface area contributed by atoms with Gasteiger partial charge in [0.2, 0.25) is 5.91 Å². The minimum atomic E-state index is 0.0916. The number of benzene rings is 1. The second-order valence-corrected chi connectivity index (χ2v) is 3.27. The number of carbonyl (C=O) groups excluding carboxylic acids is 1. The number of nitrogens with two attached hydrogens (primary N) is 1. The second-order valence-electron chi connectivity index (χ2n) is 3.27. The number of hydrogen-bond donors (Lipinski definition) is 2. The van der Waals surface area contributed by atoms with Gasteiger partial charge in [-0.3, -0.25) is 4.79 Å². The van der Waals surface area contributed by atoms with Crippen LogP contribution in [0.5, 0.6) is 0 Å². The molecule has 1 aromatic carbocycles. The van der Waals surface area contributed by atoms with Crippen molar-refractivity contribution in [1.29, 1.82) is 0 Å². The summed E-state index contributed by atoms with van der Waals surface area (Å²) in [4.78, 5) is 10.9. The van der Waals surface area contributed by atoms with E-state index in [2.05, 4.69) is 5.32 Å². The van der Waals surface area contributed by atoms with Gasteiger partial charge in [-0.05, 0) is 30.5 Å². The van der Waals surface area contributed by atoms with Crippen LogP contribution in [0.3, 0.4) is 0 Å². The largest absolute Gasteiger partial charge is 0.399 e. The van der Waals surface area contributed by atoms with Gasteiger partial charge in [-0.25, -0.2) is 0 Å². The summed E-state index contributed by atoms with van der Waals surface area (Å²) in [5.41, 5.74) is 7.61. The van der Waals surface area contributed by atoms with E-state index in [1.807, 2.05) is 24.3 Å². The van der Waals surface area contributed by atoms with Crippen molar-refractivity contribution in [2.45, 2.75) is 19.3 Å². The molecule has 1 amide bonds. The van der Waals surface area contributed by atoms with Crippen LogP contribution in [0.1, 0.15) is 18.4 Å². The zero-order valence-electron chi connectivity index (χ0n) is 8.42. The topological polar surface area (TPSA) is 55.1 Å². The Hall–Kier alpha value is -1.51. The predicted molar refractivity (Wildman–Crippen MR) is 57.9 cm³/mol. The van der Waals surface area contributed by atoms with Crippen LogP contribution in [0.2, 0.25) is 0 Å². The van der Waals surface area contributed by atoms with E-state index < -0.39 is 0 Å². The second kappa shape index (κ2) is 5.27. The highest BCUT2D eigenvalue weighted by Crippen LogP contribution is 2.09. The Morgan fingerprint density at radius 2 is 2.29 bits per heavy atom. The van der Waals surface area contributed by atoms with Crippen molar-refractivity contribution in [3.63, 3.8) is 0 Å². The number of anilines is 1. The lowest BCUT2D eigenvalue weighted by Crippen LogP contribution is -2.17. The molecule has 3 N–H and O–H groups in total. The van der Waals surface area contributed by atoms with Gasteiger partial charge in [0.15, 0.2) is 0 Å². The van der Waals surface area contributed by atoms with Gasteiger partial charge in [-0.15, -0.1) is 0 Å². The molecule has 0 unspecified atom stereocenters. The number of carbonyl (C=O) groups is 1. The first-order valence-electron chi connectivity index (χ1n) is 4.77. The first kappa shape index (κ1) is 10.6. The van der Waals surface area contributed by atoms with E-state index in [1.54, 1.807) is 7.05 Å². The maximum absolute atomic E-state index is 10.9. The number of nitrogen functional groups attached to an aromatic ring is 1. The van der Waals surface area contributed by atoms with E-state index in [4.69, 9.17) is 5.73 Å². The maximum Gasteiger partial charge on any atom is 0.219 e. The summed E-state index contributed by atoms with van der Waals surface area (Å²) in [6.45, 7) is 0. The van der Waals surface area contributed by atoms with Gasteiger partial charge in [0.05, 0.1) is 0 Å². The predicted octanol–water partition coefficient (Wildman–Crippen LogP) is 1.34. The molecule has 0 aromatic heterocycles. The molecular weight excluding hydrogens is 176 g/mol. The van der Waals surface area contributed by atoms with Gasteiger partial charge >= 0.3 is 0 Å². The molecule has 0 saturated heterocycles. The number of aryl methyl sites for hydroxylation is 1. The highest BCUT2D eigenvalue weighted by Gasteiger charge is 1.98. The smallest absolute Gasteiger partial charge is 0.219 e. The summed E-state index contributed by atoms with van der Waals surface area (Å²) >= 11 is 0. The Morgan fingerprint density at radius 1 is 1.50 bits per heavy atom. The molecule has 0 fully saturated rings. The summed E-state index contributed by atoms with van der Waals surface area (Å²) < 4.78 is 0. The normalized spacial score (nSPS) is 9.79. The summed E-state index contributed by atoms with van der Waals surface area (Å²) in [6.07, 6.45) is 2.34. The Kier molecular flexibility index (Phi) is 3.98. The fraction of sp³-hybridized carbons (Fsp3) is 0.364. The fourth-order valence-electron chi connectivity index (χ4n) is 1.33. The van der Waals surface area contributed by atoms with E-state index in [9.17, 15) is 4.79 Å². The third-order valence-electron chi connectivity index (χ3n) is 2.10. The minimum absolute atomic E-state index is 0.0916. The Morgan fingerprint density at radius 3 is 2.93 bits per heavy atom. The van der Waals surface area contributed by atoms with Crippen molar-refractivity contribution >= 4 is 11.6 Å². The van der Waals surface area contributed by atoms with Crippen molar-refractivity contribution in [2.75, 3.05) is 12.8 Å². The summed E-state index contributed by atoms with van der Waals surface area (Å²) in [5.74, 6) is 0.0916. The van der Waals surface area contributed by atoms with E-state index in [0.717, 1.165) is 18.5 Å². The highest BCUT2D eigenvalue weighted by molar-refractivity contribution is 5.75. The van der Waals surface area contributed by atoms with Crippen LogP contribution < -0.4 is 11.1 Å². The van der Waals surface area contributed by atoms with Gasteiger partial charge in [0.1, 0.15) is 0 Å². The molecular formula is C11H16N2O. The van der Waals surface area contributed by atoms with E-state index in [1.165, 1.54) is 5.56 Å². The average Bonchev–Trinajstić information content (AvgIpc) is 2.17. The lowest BCUT2D eigenvalue weighted by atomic mass is 10.1. The van der Waals surface area contributed by atoms with Crippen molar-refractivity contribution in [3.8, 4) is 0 Å². The van der Waals surface area contributed by atoms with Crippen LogP contribution in [0.15, 0.2) is 24.3 Å². The average molecular weight is 192 g/mol. The van der Waals surface area contributed by atoms with Crippen molar-refractivity contribution in [2.24, 2.45) is 0 Å². The first-order chi connectivity index (χ1) is 6.72. The van der Waals surface area contributed by atoms with Crippen molar-refractivity contribution in [3.05, 3.63) is 29.8 Å². The number of nitrogens with one attached hydrogen (secondary N) is 1. The van der Waals surface area contributed by atoms with E-state index in [0.29, 0.717) is 6.42 Å². The third-order valence-corrected chi connectivity index (χ3v) is 2.10. The Labute approximate surface area is 84.3 Å². The minimum Gasteiger partial charge on any atom is -0.399 e. The van der Waals surface area contributed by atoms with Crippen LogP contribution >= 0.6 is 0 Å². The molecule has 0 heterocycles. The molecule has 0 spiro atoms. The van der Waals surface area contributed by atoms with Gasteiger partial charge in [-0.2, -0.15) is 0 Å². The zero-order chi connectivity index (χ0) is 10.4. The Bertz CT molecular complexity index is 310. The number of amides is 1. The SMILES string of the molecule is CNC(=O)CCCc1cccc(N)c1. The molecule has 14 heavy (non-hydrogen) atoms. The molecule has 76 valence electrons. The molecule has 0 aliphatic carbocycles. The van der Waals surface area contributed by atoms with Gasteiger partial charge in [0, 0.05) is 19.2 Å². The standard InChI is InChI=1S/C11H16N2O/c1-13-11(14)7-3-5-9-4-2-6-10(12)8-9/h2,4,6,8H,3,5,7,12H2,1H3,(H,13,14). The summed E-state index contributed by atoms with van der Waals surface area (Å²) in [7, 11) is 1.66. The summed E-state index contributed by atoms with van der Waals surface area (Å²) in [5, 5.41) is 2.60. The Balaban J connectivity index is 2.35. The lowest BCUT2D eigenvalue weighted by Gasteiger charge is -2.02. The highest BCUT2D eigenvalue weighted by atomic mass is 16.1. The third kappa shape index (κ3) is 3.47. The molecule has 0 aliphatic heterocycles. The van der Waals surface area contributed by atoms with Crippen molar-refractivity contribution < 1.29 is 4.79 Å². The van der Waals surface area contributed by atoms with E-state index in [-0.39, 0.29) is 5.91 Å². The molecule has 0 aliphatic rings. The molecule has 0 bridgehead atoms. The van der Waals surface area contributed by atoms with Crippen molar-refractivity contribution in [1.82, 2.24) is 5.32 Å². The van der Waals surface area contributed by atoms with Gasteiger partial charge < -0.3 is 11.1 Å². The summed E-state index contributed by atoms with van der Waals surface area (Å²) in [6, 6.07) is 7.77. The molecule has 0 radical (unpaired) electrons. The van der Waals surface area contributed by atoms with Crippen LogP contribution in [0.4, 0.5) is 5.69 Å². The number of rotatable bonds is 4. The van der Waals surface area contributed by atoms with Crippen LogP contribution in [0.25, 0.3) is 0 Å². The fourth-order valence-corrected chi connectivity index (χ4v) is 1.33. The monoisotopic (exact) mass is 192 g/mol. The maximum atomic E-state index is 10.9. The molecule has 3 nitrogen and oxygen atoms in total. The zero-order valence-corrected chi connectivity index (χ0v) is 8.42. The molecule has 1 rings (SSSR count). The van der Waals surface area contributed by atoms with Crippen LogP contribution in [0, 0.1) is 0 Å². The number of hydrogen-bond acceptors (Lipinski definition) is 2. The first-order valence-corrected chi connectivity index (χ1v) is 4.77. The van der Waals surface area contributed by atoms with Gasteiger partial charge in [-0.1, -0.05) is 12.1 Å². The van der Waals surface area contributed by atoms with Crippen LogP contribution in [-0.2, 0) is 11.2 Å². The van der Waals surface area contributed by atoms with Crippen LogP contribution in [-0.4, -0.2) is 13.0 Å². The quantitative estimate of drug-likeness (QED) is 0.707.